The van der Waals surface area contributed by atoms with Crippen LogP contribution in [0.1, 0.15) is 27.2 Å². The van der Waals surface area contributed by atoms with E-state index in [-0.39, 0.29) is 28.9 Å². The largest absolute Gasteiger partial charge is 0.497 e. The molecule has 0 fully saturated rings. The summed E-state index contributed by atoms with van der Waals surface area (Å²) in [5, 5.41) is 21.2. The second kappa shape index (κ2) is 7.33. The maximum absolute atomic E-state index is 12.3. The number of methoxy groups -OCH3 is 1. The number of aryl methyl sites for hydroxylation is 2. The highest BCUT2D eigenvalue weighted by atomic mass is 16.5. The highest BCUT2D eigenvalue weighted by molar-refractivity contribution is 6.59. The van der Waals surface area contributed by atoms with Crippen LogP contribution in [0.2, 0.25) is 0 Å². The number of pyridine rings is 1. The summed E-state index contributed by atoms with van der Waals surface area (Å²) in [7, 11) is -0.316. The van der Waals surface area contributed by atoms with Crippen molar-refractivity contribution in [1.82, 2.24) is 10.3 Å². The molecule has 0 saturated heterocycles. The Morgan fingerprint density at radius 3 is 2.58 bits per heavy atom. The van der Waals surface area contributed by atoms with Crippen molar-refractivity contribution >= 4 is 18.5 Å². The molecule has 0 aliphatic carbocycles. The van der Waals surface area contributed by atoms with Crippen LogP contribution in [0.3, 0.4) is 0 Å². The van der Waals surface area contributed by atoms with Crippen molar-refractivity contribution < 1.29 is 19.6 Å². The number of hydrogen-bond donors (Lipinski definition) is 4. The van der Waals surface area contributed by atoms with Crippen LogP contribution in [0.25, 0.3) is 0 Å². The molecule has 4 N–H and O–H groups in total. The zero-order valence-electron chi connectivity index (χ0n) is 13.7. The monoisotopic (exact) mass is 330 g/mol. The van der Waals surface area contributed by atoms with Gasteiger partial charge in [0.15, 0.2) is 0 Å². The van der Waals surface area contributed by atoms with E-state index in [0.29, 0.717) is 5.56 Å². The Kier molecular flexibility index (Phi) is 5.43. The fourth-order valence-corrected chi connectivity index (χ4v) is 2.44. The van der Waals surface area contributed by atoms with Gasteiger partial charge in [0, 0.05) is 28.8 Å². The average molecular weight is 330 g/mol. The normalized spacial score (nSPS) is 10.4. The van der Waals surface area contributed by atoms with Gasteiger partial charge in [0.25, 0.3) is 11.5 Å². The molecule has 126 valence electrons. The Morgan fingerprint density at radius 1 is 1.29 bits per heavy atom. The van der Waals surface area contributed by atoms with Crippen LogP contribution in [0, 0.1) is 13.8 Å². The molecule has 2 rings (SSSR count). The molecule has 0 spiro atoms. The molecule has 0 atom stereocenters. The van der Waals surface area contributed by atoms with E-state index in [0.717, 1.165) is 11.3 Å². The highest BCUT2D eigenvalue weighted by Crippen LogP contribution is 2.12. The molecule has 0 aliphatic rings. The van der Waals surface area contributed by atoms with Gasteiger partial charge in [-0.05, 0) is 37.6 Å². The van der Waals surface area contributed by atoms with E-state index in [9.17, 15) is 19.6 Å². The lowest BCUT2D eigenvalue weighted by Crippen LogP contribution is -2.32. The van der Waals surface area contributed by atoms with Crippen LogP contribution in [0.15, 0.2) is 29.1 Å². The third-order valence-electron chi connectivity index (χ3n) is 3.69. The van der Waals surface area contributed by atoms with E-state index in [1.165, 1.54) is 25.3 Å². The number of aromatic amines is 1. The fraction of sp³-hybridized carbons (Fsp3) is 0.250. The molecule has 1 aromatic carbocycles. The molecular weight excluding hydrogens is 311 g/mol. The summed E-state index contributed by atoms with van der Waals surface area (Å²) in [6.07, 6.45) is 0. The predicted molar refractivity (Wildman–Crippen MR) is 90.5 cm³/mol. The molecule has 0 unspecified atom stereocenters. The van der Waals surface area contributed by atoms with E-state index in [4.69, 9.17) is 4.74 Å². The summed E-state index contributed by atoms with van der Waals surface area (Å²) in [4.78, 5) is 26.9. The Hall–Kier alpha value is -2.58. The van der Waals surface area contributed by atoms with Crippen LogP contribution in [0.4, 0.5) is 0 Å². The second-order valence-electron chi connectivity index (χ2n) is 5.46. The van der Waals surface area contributed by atoms with E-state index < -0.39 is 13.0 Å². The Balaban J connectivity index is 2.18. The maximum atomic E-state index is 12.3. The third kappa shape index (κ3) is 3.84. The van der Waals surface area contributed by atoms with E-state index >= 15 is 0 Å². The smallest absolute Gasteiger partial charge is 0.492 e. The van der Waals surface area contributed by atoms with Crippen molar-refractivity contribution in [2.75, 3.05) is 7.11 Å². The predicted octanol–water partition coefficient (Wildman–Crippen LogP) is -0.390. The lowest BCUT2D eigenvalue weighted by molar-refractivity contribution is 0.0950. The number of aromatic nitrogens is 1. The lowest BCUT2D eigenvalue weighted by Gasteiger charge is -2.11. The second-order valence-corrected chi connectivity index (χ2v) is 5.46. The minimum Gasteiger partial charge on any atom is -0.497 e. The molecule has 8 heteroatoms. The van der Waals surface area contributed by atoms with E-state index in [1.54, 1.807) is 6.92 Å². The van der Waals surface area contributed by atoms with Crippen LogP contribution < -0.4 is 21.1 Å². The molecule has 2 aromatic rings. The highest BCUT2D eigenvalue weighted by Gasteiger charge is 2.19. The van der Waals surface area contributed by atoms with Gasteiger partial charge in [-0.15, -0.1) is 0 Å². The summed E-state index contributed by atoms with van der Waals surface area (Å²) in [5.41, 5.74) is 2.27. The summed E-state index contributed by atoms with van der Waals surface area (Å²) < 4.78 is 5.06. The van der Waals surface area contributed by atoms with Crippen LogP contribution in [-0.4, -0.2) is 35.2 Å². The summed E-state index contributed by atoms with van der Waals surface area (Å²) in [6, 6.07) is 6.11. The van der Waals surface area contributed by atoms with Gasteiger partial charge >= 0.3 is 7.12 Å². The van der Waals surface area contributed by atoms with Gasteiger partial charge in [-0.3, -0.25) is 9.59 Å². The topological polar surface area (TPSA) is 112 Å². The van der Waals surface area contributed by atoms with Gasteiger partial charge in [-0.2, -0.15) is 0 Å². The summed E-state index contributed by atoms with van der Waals surface area (Å²) >= 11 is 0. The molecule has 1 heterocycles. The quantitative estimate of drug-likeness (QED) is 0.558. The van der Waals surface area contributed by atoms with Crippen LogP contribution >= 0.6 is 0 Å². The number of hydrogen-bond acceptors (Lipinski definition) is 5. The first-order valence-electron chi connectivity index (χ1n) is 7.35. The van der Waals surface area contributed by atoms with Gasteiger partial charge < -0.3 is 25.1 Å². The maximum Gasteiger partial charge on any atom is 0.492 e. The number of H-pyrrole nitrogens is 1. The zero-order valence-corrected chi connectivity index (χ0v) is 13.7. The molecule has 1 aromatic heterocycles. The number of ether oxygens (including phenoxy) is 1. The van der Waals surface area contributed by atoms with E-state index in [2.05, 4.69) is 10.3 Å². The number of amides is 1. The molecule has 1 amide bonds. The molecule has 0 bridgehead atoms. The zero-order chi connectivity index (χ0) is 17.9. The minimum atomic E-state index is -1.69. The van der Waals surface area contributed by atoms with Gasteiger partial charge in [-0.25, -0.2) is 0 Å². The standard InChI is InChI=1S/C16H19BN2O5/c1-9-6-10(2)19-16(21)12(9)8-18-15(20)11-4-5-13(17(22)23)14(7-11)24-3/h4-7,22-23H,8H2,1-3H3,(H,18,20)(H,19,21). The van der Waals surface area contributed by atoms with Crippen molar-refractivity contribution in [3.63, 3.8) is 0 Å². The van der Waals surface area contributed by atoms with Crippen molar-refractivity contribution in [3.05, 3.63) is 57.0 Å². The molecule has 7 nitrogen and oxygen atoms in total. The Morgan fingerprint density at radius 2 is 2.00 bits per heavy atom. The Bertz CT molecular complexity index is 817. The SMILES string of the molecule is COc1cc(C(=O)NCc2c(C)cc(C)[nH]c2=O)ccc1B(O)O. The number of rotatable bonds is 5. The molecule has 0 radical (unpaired) electrons. The van der Waals surface area contributed by atoms with Crippen LogP contribution in [-0.2, 0) is 6.54 Å². The number of carbonyl (C=O) groups excluding carboxylic acids is 1. The first-order valence-corrected chi connectivity index (χ1v) is 7.35. The molecule has 0 aliphatic heterocycles. The van der Waals surface area contributed by atoms with Gasteiger partial charge in [0.05, 0.1) is 7.11 Å². The first-order chi connectivity index (χ1) is 11.3. The molecule has 24 heavy (non-hydrogen) atoms. The fourth-order valence-electron chi connectivity index (χ4n) is 2.44. The van der Waals surface area contributed by atoms with Crippen molar-refractivity contribution in [2.24, 2.45) is 0 Å². The van der Waals surface area contributed by atoms with Gasteiger partial charge in [-0.1, -0.05) is 6.07 Å². The van der Waals surface area contributed by atoms with Gasteiger partial charge in [0.2, 0.25) is 0 Å². The number of nitrogens with one attached hydrogen (secondary N) is 2. The van der Waals surface area contributed by atoms with Crippen molar-refractivity contribution in [1.29, 1.82) is 0 Å². The lowest BCUT2D eigenvalue weighted by atomic mass is 9.79. The first kappa shape index (κ1) is 17.8. The summed E-state index contributed by atoms with van der Waals surface area (Å²) in [5.74, 6) is -0.200. The van der Waals surface area contributed by atoms with E-state index in [1.807, 2.05) is 13.0 Å². The average Bonchev–Trinajstić information content (AvgIpc) is 2.52. The summed E-state index contributed by atoms with van der Waals surface area (Å²) in [6.45, 7) is 3.69. The molecular formula is C16H19BN2O5. The third-order valence-corrected chi connectivity index (χ3v) is 3.69. The minimum absolute atomic E-state index is 0.0902. The van der Waals surface area contributed by atoms with Gasteiger partial charge in [0.1, 0.15) is 5.75 Å². The van der Waals surface area contributed by atoms with Crippen LogP contribution in [0.5, 0.6) is 5.75 Å². The number of benzene rings is 1. The molecule has 0 saturated carbocycles. The Labute approximate surface area is 139 Å². The number of carbonyl (C=O) groups is 1. The van der Waals surface area contributed by atoms with Crippen molar-refractivity contribution in [2.45, 2.75) is 20.4 Å². The van der Waals surface area contributed by atoms with Crippen molar-refractivity contribution in [3.8, 4) is 5.75 Å².